The SMILES string of the molecule is CC(CN(C)S(=O)(=O)c1cccnc1)/C(N)=N/O. The maximum absolute atomic E-state index is 12.1. The number of hydrogen-bond acceptors (Lipinski definition) is 5. The average Bonchev–Trinajstić information content (AvgIpc) is 2.38. The topological polar surface area (TPSA) is 109 Å². The van der Waals surface area contributed by atoms with E-state index in [2.05, 4.69) is 10.1 Å². The van der Waals surface area contributed by atoms with Gasteiger partial charge in [0, 0.05) is 31.9 Å². The van der Waals surface area contributed by atoms with Crippen LogP contribution < -0.4 is 5.73 Å². The summed E-state index contributed by atoms with van der Waals surface area (Å²) in [6.07, 6.45) is 2.78. The molecule has 0 aliphatic rings. The minimum Gasteiger partial charge on any atom is -0.409 e. The first-order valence-electron chi connectivity index (χ1n) is 5.23. The highest BCUT2D eigenvalue weighted by Gasteiger charge is 2.23. The van der Waals surface area contributed by atoms with Gasteiger partial charge in [-0.25, -0.2) is 12.7 Å². The van der Waals surface area contributed by atoms with Crippen molar-refractivity contribution in [3.8, 4) is 0 Å². The second-order valence-electron chi connectivity index (χ2n) is 3.90. The van der Waals surface area contributed by atoms with Gasteiger partial charge in [0.15, 0.2) is 0 Å². The van der Waals surface area contributed by atoms with Crippen molar-refractivity contribution in [2.24, 2.45) is 16.8 Å². The van der Waals surface area contributed by atoms with Crippen LogP contribution in [-0.2, 0) is 10.0 Å². The van der Waals surface area contributed by atoms with Gasteiger partial charge < -0.3 is 10.9 Å². The lowest BCUT2D eigenvalue weighted by molar-refractivity contribution is 0.312. The monoisotopic (exact) mass is 272 g/mol. The molecular weight excluding hydrogens is 256 g/mol. The van der Waals surface area contributed by atoms with Gasteiger partial charge in [-0.2, -0.15) is 0 Å². The first kappa shape index (κ1) is 14.4. The summed E-state index contributed by atoms with van der Waals surface area (Å²) in [5.41, 5.74) is 5.41. The maximum Gasteiger partial charge on any atom is 0.244 e. The highest BCUT2D eigenvalue weighted by molar-refractivity contribution is 7.89. The fraction of sp³-hybridized carbons (Fsp3) is 0.400. The zero-order valence-corrected chi connectivity index (χ0v) is 11.0. The van der Waals surface area contributed by atoms with E-state index in [0.29, 0.717) is 0 Å². The van der Waals surface area contributed by atoms with E-state index in [1.54, 1.807) is 13.0 Å². The van der Waals surface area contributed by atoms with Gasteiger partial charge >= 0.3 is 0 Å². The van der Waals surface area contributed by atoms with Crippen molar-refractivity contribution >= 4 is 15.9 Å². The van der Waals surface area contributed by atoms with Crippen LogP contribution in [0.3, 0.4) is 0 Å². The molecule has 1 aromatic heterocycles. The summed E-state index contributed by atoms with van der Waals surface area (Å²) < 4.78 is 25.4. The van der Waals surface area contributed by atoms with Gasteiger partial charge in [-0.05, 0) is 12.1 Å². The Bertz CT molecular complexity index is 515. The zero-order chi connectivity index (χ0) is 13.8. The molecule has 0 aromatic carbocycles. The number of aromatic nitrogens is 1. The second kappa shape index (κ2) is 5.78. The molecule has 1 unspecified atom stereocenters. The van der Waals surface area contributed by atoms with Gasteiger partial charge in [0.1, 0.15) is 10.7 Å². The van der Waals surface area contributed by atoms with Crippen molar-refractivity contribution in [3.63, 3.8) is 0 Å². The van der Waals surface area contributed by atoms with E-state index in [9.17, 15) is 8.42 Å². The summed E-state index contributed by atoms with van der Waals surface area (Å²) in [6.45, 7) is 1.79. The van der Waals surface area contributed by atoms with Crippen LogP contribution in [0.1, 0.15) is 6.92 Å². The van der Waals surface area contributed by atoms with Crippen molar-refractivity contribution in [1.29, 1.82) is 0 Å². The Kier molecular flexibility index (Phi) is 4.62. The van der Waals surface area contributed by atoms with E-state index in [-0.39, 0.29) is 23.2 Å². The van der Waals surface area contributed by atoms with E-state index in [4.69, 9.17) is 10.9 Å². The van der Waals surface area contributed by atoms with Crippen LogP contribution in [0.5, 0.6) is 0 Å². The second-order valence-corrected chi connectivity index (χ2v) is 5.95. The molecule has 8 heteroatoms. The highest BCUT2D eigenvalue weighted by atomic mass is 32.2. The largest absolute Gasteiger partial charge is 0.409 e. The smallest absolute Gasteiger partial charge is 0.244 e. The molecule has 1 rings (SSSR count). The summed E-state index contributed by atoms with van der Waals surface area (Å²) in [6, 6.07) is 3.01. The summed E-state index contributed by atoms with van der Waals surface area (Å²) in [7, 11) is -2.16. The quantitative estimate of drug-likeness (QED) is 0.341. The summed E-state index contributed by atoms with van der Waals surface area (Å²) in [5.74, 6) is -0.394. The van der Waals surface area contributed by atoms with Crippen LogP contribution in [-0.4, -0.2) is 42.3 Å². The van der Waals surface area contributed by atoms with Crippen molar-refractivity contribution in [2.75, 3.05) is 13.6 Å². The third-order valence-electron chi connectivity index (χ3n) is 2.49. The molecule has 1 atom stereocenters. The van der Waals surface area contributed by atoms with E-state index < -0.39 is 10.0 Å². The number of nitrogens with two attached hydrogens (primary N) is 1. The fourth-order valence-electron chi connectivity index (χ4n) is 1.36. The van der Waals surface area contributed by atoms with Gasteiger partial charge in [-0.15, -0.1) is 0 Å². The lowest BCUT2D eigenvalue weighted by Crippen LogP contribution is -2.36. The fourth-order valence-corrected chi connectivity index (χ4v) is 2.58. The average molecular weight is 272 g/mol. The maximum atomic E-state index is 12.1. The molecule has 0 amide bonds. The Balaban J connectivity index is 2.88. The number of sulfonamides is 1. The number of pyridine rings is 1. The molecule has 18 heavy (non-hydrogen) atoms. The predicted molar refractivity (Wildman–Crippen MR) is 66.6 cm³/mol. The Hall–Kier alpha value is -1.67. The summed E-state index contributed by atoms with van der Waals surface area (Å²) in [5, 5.41) is 11.4. The molecule has 100 valence electrons. The number of nitrogens with zero attached hydrogens (tertiary/aromatic N) is 3. The van der Waals surface area contributed by atoms with Crippen molar-refractivity contribution in [2.45, 2.75) is 11.8 Å². The van der Waals surface area contributed by atoms with Crippen LogP contribution in [0.25, 0.3) is 0 Å². The zero-order valence-electron chi connectivity index (χ0n) is 10.2. The third-order valence-corrected chi connectivity index (χ3v) is 4.30. The Morgan fingerprint density at radius 2 is 2.33 bits per heavy atom. The molecule has 7 nitrogen and oxygen atoms in total. The van der Waals surface area contributed by atoms with Crippen LogP contribution in [0.15, 0.2) is 34.6 Å². The molecule has 0 aliphatic heterocycles. The molecule has 1 aromatic rings. The predicted octanol–water partition coefficient (Wildman–Crippen LogP) is 0.0846. The molecule has 0 saturated carbocycles. The van der Waals surface area contributed by atoms with Crippen molar-refractivity contribution in [1.82, 2.24) is 9.29 Å². The van der Waals surface area contributed by atoms with Crippen molar-refractivity contribution in [3.05, 3.63) is 24.5 Å². The minimum absolute atomic E-state index is 0.0109. The lowest BCUT2D eigenvalue weighted by atomic mass is 10.2. The van der Waals surface area contributed by atoms with Crippen LogP contribution in [0.2, 0.25) is 0 Å². The van der Waals surface area contributed by atoms with Gasteiger partial charge in [-0.3, -0.25) is 4.98 Å². The standard InChI is InChI=1S/C10H16N4O3S/c1-8(10(11)13-15)7-14(2)18(16,17)9-4-3-5-12-6-9/h3-6,8,15H,7H2,1-2H3,(H2,11,13). The Labute approximate surface area is 106 Å². The Morgan fingerprint density at radius 1 is 1.67 bits per heavy atom. The minimum atomic E-state index is -3.60. The number of amidine groups is 1. The lowest BCUT2D eigenvalue weighted by Gasteiger charge is -2.20. The van der Waals surface area contributed by atoms with Crippen LogP contribution >= 0.6 is 0 Å². The van der Waals surface area contributed by atoms with Crippen molar-refractivity contribution < 1.29 is 13.6 Å². The molecule has 0 aliphatic carbocycles. The summed E-state index contributed by atoms with van der Waals surface area (Å²) in [4.78, 5) is 3.88. The number of hydrogen-bond donors (Lipinski definition) is 2. The van der Waals surface area contributed by atoms with Gasteiger partial charge in [0.05, 0.1) is 0 Å². The third kappa shape index (κ3) is 3.17. The molecule has 1 heterocycles. The normalized spacial score (nSPS) is 14.7. The number of rotatable bonds is 5. The molecule has 0 saturated heterocycles. The van der Waals surface area contributed by atoms with E-state index >= 15 is 0 Å². The van der Waals surface area contributed by atoms with Crippen LogP contribution in [0.4, 0.5) is 0 Å². The van der Waals surface area contributed by atoms with E-state index in [1.807, 2.05) is 0 Å². The summed E-state index contributed by atoms with van der Waals surface area (Å²) >= 11 is 0. The first-order valence-corrected chi connectivity index (χ1v) is 6.67. The van der Waals surface area contributed by atoms with E-state index in [0.717, 1.165) is 4.31 Å². The molecule has 0 fully saturated rings. The molecule has 0 spiro atoms. The molecule has 0 radical (unpaired) electrons. The van der Waals surface area contributed by atoms with Crippen LogP contribution in [0, 0.1) is 5.92 Å². The van der Waals surface area contributed by atoms with Gasteiger partial charge in [-0.1, -0.05) is 12.1 Å². The van der Waals surface area contributed by atoms with Gasteiger partial charge in [0.25, 0.3) is 0 Å². The van der Waals surface area contributed by atoms with Gasteiger partial charge in [0.2, 0.25) is 10.0 Å². The number of oxime groups is 1. The Morgan fingerprint density at radius 3 is 2.83 bits per heavy atom. The van der Waals surface area contributed by atoms with E-state index in [1.165, 1.54) is 25.5 Å². The molecule has 0 bridgehead atoms. The molecule has 3 N–H and O–H groups in total. The first-order chi connectivity index (χ1) is 8.39. The highest BCUT2D eigenvalue weighted by Crippen LogP contribution is 2.13. The molecular formula is C10H16N4O3S.